The summed E-state index contributed by atoms with van der Waals surface area (Å²) < 4.78 is 0. The summed E-state index contributed by atoms with van der Waals surface area (Å²) in [5.74, 6) is 0.245. The third kappa shape index (κ3) is 1.57. The first-order chi connectivity index (χ1) is 6.11. The first-order valence-corrected chi connectivity index (χ1v) is 5.12. The molecule has 0 aromatic rings. The first-order valence-electron chi connectivity index (χ1n) is 5.12. The highest BCUT2D eigenvalue weighted by molar-refractivity contribution is 5.77. The third-order valence-electron chi connectivity index (χ3n) is 3.32. The van der Waals surface area contributed by atoms with Crippen LogP contribution < -0.4 is 5.32 Å². The molecule has 1 N–H and O–H groups in total. The summed E-state index contributed by atoms with van der Waals surface area (Å²) in [5, 5.41) is 2.89. The van der Waals surface area contributed by atoms with Crippen LogP contribution in [0.15, 0.2) is 0 Å². The molecule has 0 aromatic heterocycles. The van der Waals surface area contributed by atoms with Gasteiger partial charge in [-0.1, -0.05) is 0 Å². The predicted molar refractivity (Wildman–Crippen MR) is 51.4 cm³/mol. The monoisotopic (exact) mass is 182 g/mol. The van der Waals surface area contributed by atoms with Crippen LogP contribution in [0.4, 0.5) is 0 Å². The van der Waals surface area contributed by atoms with Crippen molar-refractivity contribution in [3.63, 3.8) is 0 Å². The molecule has 74 valence electrons. The standard InChI is InChI=1S/C10H18N2O/c1-8(2)12-6-10(7-12)3-4-11-9(13)5-10/h8H,3-7H2,1-2H3,(H,11,13). The van der Waals surface area contributed by atoms with Crippen LogP contribution in [-0.2, 0) is 4.79 Å². The fourth-order valence-corrected chi connectivity index (χ4v) is 2.41. The zero-order chi connectivity index (χ0) is 9.47. The SMILES string of the molecule is CC(C)N1CC2(CCNC(=O)C2)C1. The second-order valence-corrected chi connectivity index (χ2v) is 4.78. The van der Waals surface area contributed by atoms with Crippen LogP contribution in [0.3, 0.4) is 0 Å². The summed E-state index contributed by atoms with van der Waals surface area (Å²) in [7, 11) is 0. The Morgan fingerprint density at radius 3 is 2.69 bits per heavy atom. The van der Waals surface area contributed by atoms with Gasteiger partial charge >= 0.3 is 0 Å². The average molecular weight is 182 g/mol. The van der Waals surface area contributed by atoms with Crippen LogP contribution in [0.1, 0.15) is 26.7 Å². The first kappa shape index (κ1) is 9.00. The molecule has 0 radical (unpaired) electrons. The number of carbonyl (C=O) groups is 1. The summed E-state index contributed by atoms with van der Waals surface area (Å²) in [6.45, 7) is 7.56. The molecule has 2 rings (SSSR count). The van der Waals surface area contributed by atoms with Crippen LogP contribution >= 0.6 is 0 Å². The molecule has 0 saturated carbocycles. The Bertz CT molecular complexity index is 219. The van der Waals surface area contributed by atoms with E-state index in [1.807, 2.05) is 0 Å². The van der Waals surface area contributed by atoms with Gasteiger partial charge in [0.25, 0.3) is 0 Å². The molecule has 2 saturated heterocycles. The van der Waals surface area contributed by atoms with Crippen molar-refractivity contribution in [3.05, 3.63) is 0 Å². The lowest BCUT2D eigenvalue weighted by Crippen LogP contribution is -2.62. The van der Waals surface area contributed by atoms with Gasteiger partial charge in [-0.2, -0.15) is 0 Å². The summed E-state index contributed by atoms with van der Waals surface area (Å²) in [6, 6.07) is 0.635. The molecule has 0 unspecified atom stereocenters. The molecule has 3 nitrogen and oxygen atoms in total. The largest absolute Gasteiger partial charge is 0.356 e. The van der Waals surface area contributed by atoms with E-state index in [9.17, 15) is 4.79 Å². The van der Waals surface area contributed by atoms with Crippen molar-refractivity contribution in [1.29, 1.82) is 0 Å². The number of likely N-dealkylation sites (tertiary alicyclic amines) is 1. The summed E-state index contributed by atoms with van der Waals surface area (Å²) in [4.78, 5) is 13.7. The number of nitrogens with one attached hydrogen (secondary N) is 1. The second-order valence-electron chi connectivity index (χ2n) is 4.78. The highest BCUT2D eigenvalue weighted by atomic mass is 16.1. The smallest absolute Gasteiger partial charge is 0.220 e. The Labute approximate surface area is 79.5 Å². The van der Waals surface area contributed by atoms with Crippen molar-refractivity contribution in [1.82, 2.24) is 10.2 Å². The van der Waals surface area contributed by atoms with Gasteiger partial charge in [-0.05, 0) is 20.3 Å². The second kappa shape index (κ2) is 2.98. The van der Waals surface area contributed by atoms with E-state index in [1.54, 1.807) is 0 Å². The average Bonchev–Trinajstić information content (AvgIpc) is 1.99. The van der Waals surface area contributed by atoms with Gasteiger partial charge in [0, 0.05) is 37.5 Å². The van der Waals surface area contributed by atoms with Crippen molar-refractivity contribution in [3.8, 4) is 0 Å². The van der Waals surface area contributed by atoms with Gasteiger partial charge < -0.3 is 5.32 Å². The Kier molecular flexibility index (Phi) is 2.06. The number of carbonyl (C=O) groups excluding carboxylic acids is 1. The highest BCUT2D eigenvalue weighted by Crippen LogP contribution is 2.39. The van der Waals surface area contributed by atoms with Crippen LogP contribution in [-0.4, -0.2) is 36.5 Å². The van der Waals surface area contributed by atoms with Crippen molar-refractivity contribution >= 4 is 5.91 Å². The van der Waals surface area contributed by atoms with E-state index in [2.05, 4.69) is 24.1 Å². The lowest BCUT2D eigenvalue weighted by Gasteiger charge is -2.53. The van der Waals surface area contributed by atoms with Gasteiger partial charge in [0.05, 0.1) is 0 Å². The maximum absolute atomic E-state index is 11.2. The molecule has 1 spiro atoms. The minimum absolute atomic E-state index is 0.245. The van der Waals surface area contributed by atoms with Crippen molar-refractivity contribution in [2.45, 2.75) is 32.7 Å². The van der Waals surface area contributed by atoms with Gasteiger partial charge in [-0.15, -0.1) is 0 Å². The van der Waals surface area contributed by atoms with Gasteiger partial charge in [0.15, 0.2) is 0 Å². The molecule has 0 bridgehead atoms. The third-order valence-corrected chi connectivity index (χ3v) is 3.32. The van der Waals surface area contributed by atoms with E-state index >= 15 is 0 Å². The Morgan fingerprint density at radius 2 is 2.15 bits per heavy atom. The fraction of sp³-hybridized carbons (Fsp3) is 0.900. The molecule has 2 fully saturated rings. The van der Waals surface area contributed by atoms with Gasteiger partial charge in [-0.25, -0.2) is 0 Å². The van der Waals surface area contributed by atoms with E-state index in [0.29, 0.717) is 11.5 Å². The number of hydrogen-bond donors (Lipinski definition) is 1. The number of piperidine rings is 1. The number of rotatable bonds is 1. The molecule has 13 heavy (non-hydrogen) atoms. The summed E-state index contributed by atoms with van der Waals surface area (Å²) in [5.41, 5.74) is 0.340. The quantitative estimate of drug-likeness (QED) is 0.644. The van der Waals surface area contributed by atoms with Crippen LogP contribution in [0.2, 0.25) is 0 Å². The van der Waals surface area contributed by atoms with Gasteiger partial charge in [0.1, 0.15) is 0 Å². The van der Waals surface area contributed by atoms with Gasteiger partial charge in [0.2, 0.25) is 5.91 Å². The minimum atomic E-state index is 0.245. The van der Waals surface area contributed by atoms with E-state index in [4.69, 9.17) is 0 Å². The Balaban J connectivity index is 1.91. The molecule has 2 heterocycles. The molecular weight excluding hydrogens is 164 g/mol. The predicted octanol–water partition coefficient (Wildman–Crippen LogP) is 0.607. The maximum atomic E-state index is 11.2. The van der Waals surface area contributed by atoms with Crippen molar-refractivity contribution in [2.24, 2.45) is 5.41 Å². The number of hydrogen-bond acceptors (Lipinski definition) is 2. The molecule has 0 atom stereocenters. The normalized spacial score (nSPS) is 27.5. The minimum Gasteiger partial charge on any atom is -0.356 e. The molecule has 2 aliphatic rings. The molecular formula is C10H18N2O. The molecule has 2 aliphatic heterocycles. The van der Waals surface area contributed by atoms with E-state index in [-0.39, 0.29) is 5.91 Å². The van der Waals surface area contributed by atoms with E-state index in [0.717, 1.165) is 26.1 Å². The summed E-state index contributed by atoms with van der Waals surface area (Å²) >= 11 is 0. The highest BCUT2D eigenvalue weighted by Gasteiger charge is 2.46. The Morgan fingerprint density at radius 1 is 1.46 bits per heavy atom. The zero-order valence-electron chi connectivity index (χ0n) is 8.47. The molecule has 1 amide bonds. The van der Waals surface area contributed by atoms with Gasteiger partial charge in [-0.3, -0.25) is 9.69 Å². The van der Waals surface area contributed by atoms with Crippen molar-refractivity contribution in [2.75, 3.05) is 19.6 Å². The van der Waals surface area contributed by atoms with Crippen LogP contribution in [0.5, 0.6) is 0 Å². The van der Waals surface area contributed by atoms with E-state index < -0.39 is 0 Å². The van der Waals surface area contributed by atoms with Crippen molar-refractivity contribution < 1.29 is 4.79 Å². The topological polar surface area (TPSA) is 32.3 Å². The van der Waals surface area contributed by atoms with Crippen LogP contribution in [0, 0.1) is 5.41 Å². The number of amides is 1. The summed E-state index contributed by atoms with van der Waals surface area (Å²) in [6.07, 6.45) is 1.91. The maximum Gasteiger partial charge on any atom is 0.220 e. The lowest BCUT2D eigenvalue weighted by molar-refractivity contribution is -0.132. The zero-order valence-corrected chi connectivity index (χ0v) is 8.47. The Hall–Kier alpha value is -0.570. The number of nitrogens with zero attached hydrogens (tertiary/aromatic N) is 1. The molecule has 3 heteroatoms. The van der Waals surface area contributed by atoms with E-state index in [1.165, 1.54) is 6.42 Å². The molecule has 0 aliphatic carbocycles. The fourth-order valence-electron chi connectivity index (χ4n) is 2.41. The molecule has 0 aromatic carbocycles. The van der Waals surface area contributed by atoms with Crippen LogP contribution in [0.25, 0.3) is 0 Å². The lowest BCUT2D eigenvalue weighted by atomic mass is 9.71.